The van der Waals surface area contributed by atoms with Crippen molar-refractivity contribution in [3.05, 3.63) is 28.2 Å². The van der Waals surface area contributed by atoms with Gasteiger partial charge in [0.1, 0.15) is 10.4 Å². The van der Waals surface area contributed by atoms with Gasteiger partial charge in [-0.3, -0.25) is 0 Å². The zero-order valence-electron chi connectivity index (χ0n) is 4.94. The summed E-state index contributed by atoms with van der Waals surface area (Å²) < 4.78 is 13.2. The molecule has 0 amide bonds. The van der Waals surface area contributed by atoms with Crippen molar-refractivity contribution in [3.8, 4) is 0 Å². The molecule has 0 aliphatic carbocycles. The molecule has 0 aliphatic rings. The molecule has 54 valence electrons. The van der Waals surface area contributed by atoms with Crippen molar-refractivity contribution in [2.75, 3.05) is 0 Å². The molecular formula is C6H4BrClFN. The zero-order chi connectivity index (χ0) is 7.56. The molecule has 0 N–H and O–H groups in total. The Hall–Kier alpha value is -0.150. The van der Waals surface area contributed by atoms with Gasteiger partial charge >= 0.3 is 0 Å². The molecular weight excluding hydrogens is 220 g/mol. The van der Waals surface area contributed by atoms with Crippen molar-refractivity contribution in [1.29, 1.82) is 0 Å². The molecule has 1 rings (SSSR count). The van der Waals surface area contributed by atoms with Crippen LogP contribution in [0.4, 0.5) is 4.39 Å². The van der Waals surface area contributed by atoms with E-state index >= 15 is 0 Å². The van der Waals surface area contributed by atoms with E-state index in [1.807, 2.05) is 0 Å². The van der Waals surface area contributed by atoms with Gasteiger partial charge < -0.3 is 0 Å². The molecule has 0 aromatic carbocycles. The zero-order valence-corrected chi connectivity index (χ0v) is 7.28. The Bertz CT molecular complexity index is 241. The van der Waals surface area contributed by atoms with Crippen LogP contribution in [0.3, 0.4) is 0 Å². The molecule has 1 aromatic rings. The summed E-state index contributed by atoms with van der Waals surface area (Å²) in [5, 5.41) is 0. The largest absolute Gasteiger partial charge is 0.246 e. The number of hydrogen-bond acceptors (Lipinski definition) is 1. The van der Waals surface area contributed by atoms with E-state index < -0.39 is 0 Å². The molecule has 0 unspecified atom stereocenters. The number of pyridine rings is 1. The molecule has 1 heterocycles. The lowest BCUT2D eigenvalue weighted by molar-refractivity contribution is 0.609. The number of alkyl halides is 1. The lowest BCUT2D eigenvalue weighted by Gasteiger charge is -1.96. The van der Waals surface area contributed by atoms with Gasteiger partial charge in [-0.05, 0) is 22.0 Å². The van der Waals surface area contributed by atoms with E-state index in [4.69, 9.17) is 11.6 Å². The number of aromatic nitrogens is 1. The van der Waals surface area contributed by atoms with Gasteiger partial charge in [-0.25, -0.2) is 9.37 Å². The van der Waals surface area contributed by atoms with Gasteiger partial charge in [0.15, 0.2) is 0 Å². The minimum absolute atomic E-state index is 0.174. The third kappa shape index (κ3) is 1.67. The van der Waals surface area contributed by atoms with E-state index in [2.05, 4.69) is 20.9 Å². The Morgan fingerprint density at radius 3 is 2.90 bits per heavy atom. The average Bonchev–Trinajstić information content (AvgIpc) is 1.94. The molecule has 0 radical (unpaired) electrons. The fraction of sp³-hybridized carbons (Fsp3) is 0.167. The maximum absolute atomic E-state index is 12.6. The van der Waals surface area contributed by atoms with Gasteiger partial charge in [0, 0.05) is 5.56 Å². The quantitative estimate of drug-likeness (QED) is 0.528. The smallest absolute Gasteiger partial charge is 0.145 e. The second-order valence-electron chi connectivity index (χ2n) is 1.73. The number of halogens is 3. The highest BCUT2D eigenvalue weighted by Crippen LogP contribution is 2.13. The van der Waals surface area contributed by atoms with E-state index in [9.17, 15) is 4.39 Å². The summed E-state index contributed by atoms with van der Waals surface area (Å²) in [6.45, 7) is 0. The van der Waals surface area contributed by atoms with Crippen molar-refractivity contribution in [1.82, 2.24) is 4.98 Å². The summed E-state index contributed by atoms with van der Waals surface area (Å²) in [6.07, 6.45) is 1.14. The van der Waals surface area contributed by atoms with Crippen LogP contribution in [0.15, 0.2) is 16.9 Å². The van der Waals surface area contributed by atoms with Crippen molar-refractivity contribution < 1.29 is 4.39 Å². The first-order chi connectivity index (χ1) is 4.74. The maximum atomic E-state index is 12.6. The first kappa shape index (κ1) is 7.95. The Morgan fingerprint density at radius 1 is 1.70 bits per heavy atom. The van der Waals surface area contributed by atoms with Crippen LogP contribution in [0.2, 0.25) is 0 Å². The van der Waals surface area contributed by atoms with Gasteiger partial charge in [0.2, 0.25) is 0 Å². The Morgan fingerprint density at radius 2 is 2.40 bits per heavy atom. The fourth-order valence-corrected chi connectivity index (χ4v) is 1.14. The van der Waals surface area contributed by atoms with Gasteiger partial charge in [-0.1, -0.05) is 0 Å². The molecule has 4 heteroatoms. The predicted octanol–water partition coefficient (Wildman–Crippen LogP) is 2.72. The standard InChI is InChI=1S/C6H4BrClFN/c7-6-1-4(2-8)5(9)3-10-6/h1,3H,2H2. The first-order valence-electron chi connectivity index (χ1n) is 2.60. The van der Waals surface area contributed by atoms with Crippen molar-refractivity contribution in [2.45, 2.75) is 5.88 Å². The van der Waals surface area contributed by atoms with E-state index in [1.54, 1.807) is 6.07 Å². The van der Waals surface area contributed by atoms with Gasteiger partial charge in [0.25, 0.3) is 0 Å². The lowest BCUT2D eigenvalue weighted by Crippen LogP contribution is -1.87. The highest BCUT2D eigenvalue weighted by Gasteiger charge is 2.00. The molecule has 0 fully saturated rings. The Labute approximate surface area is 71.4 Å². The van der Waals surface area contributed by atoms with Crippen LogP contribution in [-0.4, -0.2) is 4.98 Å². The maximum Gasteiger partial charge on any atom is 0.145 e. The summed E-state index contributed by atoms with van der Waals surface area (Å²) in [5.74, 6) is -0.189. The van der Waals surface area contributed by atoms with Crippen LogP contribution < -0.4 is 0 Å². The molecule has 1 aromatic heterocycles. The highest BCUT2D eigenvalue weighted by atomic mass is 79.9. The van der Waals surface area contributed by atoms with Crippen LogP contribution in [-0.2, 0) is 5.88 Å². The molecule has 10 heavy (non-hydrogen) atoms. The lowest BCUT2D eigenvalue weighted by atomic mass is 10.3. The summed E-state index contributed by atoms with van der Waals surface area (Å²) >= 11 is 8.52. The number of nitrogens with zero attached hydrogens (tertiary/aromatic N) is 1. The summed E-state index contributed by atoms with van der Waals surface area (Å²) in [5.41, 5.74) is 0.462. The molecule has 0 saturated heterocycles. The topological polar surface area (TPSA) is 12.9 Å². The molecule has 0 aliphatic heterocycles. The summed E-state index contributed by atoms with van der Waals surface area (Å²) in [4.78, 5) is 3.67. The normalized spacial score (nSPS) is 9.90. The summed E-state index contributed by atoms with van der Waals surface area (Å²) in [6, 6.07) is 1.56. The Balaban J connectivity index is 3.09. The third-order valence-electron chi connectivity index (χ3n) is 1.05. The monoisotopic (exact) mass is 223 g/mol. The molecule has 0 spiro atoms. The van der Waals surface area contributed by atoms with E-state index in [-0.39, 0.29) is 11.7 Å². The molecule has 0 atom stereocenters. The van der Waals surface area contributed by atoms with Crippen molar-refractivity contribution >= 4 is 27.5 Å². The predicted molar refractivity (Wildman–Crippen MR) is 41.5 cm³/mol. The van der Waals surface area contributed by atoms with Crippen LogP contribution >= 0.6 is 27.5 Å². The average molecular weight is 224 g/mol. The van der Waals surface area contributed by atoms with Crippen LogP contribution in [0.25, 0.3) is 0 Å². The van der Waals surface area contributed by atoms with Gasteiger partial charge in [-0.2, -0.15) is 0 Å². The van der Waals surface area contributed by atoms with E-state index in [0.717, 1.165) is 6.20 Å². The molecule has 0 bridgehead atoms. The summed E-state index contributed by atoms with van der Waals surface area (Å²) in [7, 11) is 0. The number of hydrogen-bond donors (Lipinski definition) is 0. The number of rotatable bonds is 1. The van der Waals surface area contributed by atoms with Gasteiger partial charge in [0.05, 0.1) is 12.1 Å². The van der Waals surface area contributed by atoms with Crippen molar-refractivity contribution in [3.63, 3.8) is 0 Å². The Kier molecular flexibility index (Phi) is 2.63. The second-order valence-corrected chi connectivity index (χ2v) is 2.81. The third-order valence-corrected chi connectivity index (χ3v) is 1.77. The second kappa shape index (κ2) is 3.30. The van der Waals surface area contributed by atoms with E-state index in [1.165, 1.54) is 0 Å². The van der Waals surface area contributed by atoms with Gasteiger partial charge in [-0.15, -0.1) is 11.6 Å². The highest BCUT2D eigenvalue weighted by molar-refractivity contribution is 9.10. The van der Waals surface area contributed by atoms with Crippen LogP contribution in [0.5, 0.6) is 0 Å². The van der Waals surface area contributed by atoms with Crippen LogP contribution in [0.1, 0.15) is 5.56 Å². The fourth-order valence-electron chi connectivity index (χ4n) is 0.554. The van der Waals surface area contributed by atoms with E-state index in [0.29, 0.717) is 10.2 Å². The first-order valence-corrected chi connectivity index (χ1v) is 3.92. The molecule has 0 saturated carbocycles. The minimum Gasteiger partial charge on any atom is -0.246 e. The van der Waals surface area contributed by atoms with Crippen LogP contribution in [0, 0.1) is 5.82 Å². The SMILES string of the molecule is Fc1cnc(Br)cc1CCl. The minimum atomic E-state index is -0.363. The van der Waals surface area contributed by atoms with Crippen molar-refractivity contribution in [2.24, 2.45) is 0 Å². The molecule has 1 nitrogen and oxygen atoms in total.